The van der Waals surface area contributed by atoms with E-state index in [1.165, 1.54) is 6.92 Å². The molecule has 1 atom stereocenters. The minimum absolute atomic E-state index is 0.0249. The van der Waals surface area contributed by atoms with Gasteiger partial charge in [0.25, 0.3) is 0 Å². The predicted octanol–water partition coefficient (Wildman–Crippen LogP) is 4.18. The van der Waals surface area contributed by atoms with Crippen LogP contribution in [0.5, 0.6) is 0 Å². The standard InChI is InChI=1S/C22H26N4O3/c1-13-7-10-19(25-21(28)16-8-9-16)12-20(13)26-22(29)23-14(2)17-5-4-6-18(11-17)24-15(3)27/h4-7,10-12,14,16H,8-9H2,1-3H3,(H,24,27)(H,25,28)(H2,23,26,29). The van der Waals surface area contributed by atoms with Crippen LogP contribution in [0.1, 0.15) is 43.9 Å². The molecule has 0 aliphatic heterocycles. The van der Waals surface area contributed by atoms with E-state index in [0.29, 0.717) is 17.1 Å². The molecule has 3 rings (SSSR count). The molecular weight excluding hydrogens is 368 g/mol. The zero-order valence-electron chi connectivity index (χ0n) is 16.8. The molecule has 2 aromatic rings. The molecule has 0 bridgehead atoms. The number of anilines is 3. The molecule has 0 heterocycles. The second-order valence-corrected chi connectivity index (χ2v) is 7.42. The number of nitrogens with one attached hydrogen (secondary N) is 4. The highest BCUT2D eigenvalue weighted by Crippen LogP contribution is 2.31. The number of hydrogen-bond donors (Lipinski definition) is 4. The van der Waals surface area contributed by atoms with E-state index in [1.807, 2.05) is 44.2 Å². The largest absolute Gasteiger partial charge is 0.331 e. The van der Waals surface area contributed by atoms with Gasteiger partial charge in [-0.15, -0.1) is 0 Å². The second kappa shape index (κ2) is 8.77. The highest BCUT2D eigenvalue weighted by Gasteiger charge is 2.29. The van der Waals surface area contributed by atoms with Crippen LogP contribution < -0.4 is 21.3 Å². The predicted molar refractivity (Wildman–Crippen MR) is 114 cm³/mol. The number of hydrogen-bond acceptors (Lipinski definition) is 3. The van der Waals surface area contributed by atoms with Gasteiger partial charge in [-0.05, 0) is 62.1 Å². The Labute approximate surface area is 170 Å². The lowest BCUT2D eigenvalue weighted by Gasteiger charge is -2.17. The summed E-state index contributed by atoms with van der Waals surface area (Å²) in [5.41, 5.74) is 3.74. The van der Waals surface area contributed by atoms with E-state index < -0.39 is 0 Å². The molecule has 4 amide bonds. The zero-order chi connectivity index (χ0) is 21.0. The summed E-state index contributed by atoms with van der Waals surface area (Å²) in [4.78, 5) is 35.7. The maximum atomic E-state index is 12.5. The molecule has 29 heavy (non-hydrogen) atoms. The Hall–Kier alpha value is -3.35. The average Bonchev–Trinajstić information content (AvgIpc) is 3.49. The van der Waals surface area contributed by atoms with Gasteiger partial charge in [-0.3, -0.25) is 9.59 Å². The van der Waals surface area contributed by atoms with Crippen molar-refractivity contribution in [3.8, 4) is 0 Å². The average molecular weight is 394 g/mol. The number of carbonyl (C=O) groups is 3. The van der Waals surface area contributed by atoms with Crippen molar-refractivity contribution in [1.29, 1.82) is 0 Å². The molecule has 152 valence electrons. The number of aryl methyl sites for hydroxylation is 1. The van der Waals surface area contributed by atoms with Gasteiger partial charge in [0, 0.05) is 29.9 Å². The Balaban J connectivity index is 1.62. The van der Waals surface area contributed by atoms with Crippen molar-refractivity contribution in [3.63, 3.8) is 0 Å². The summed E-state index contributed by atoms with van der Waals surface area (Å²) in [6, 6.07) is 12.2. The minimum atomic E-state index is -0.351. The van der Waals surface area contributed by atoms with Crippen molar-refractivity contribution in [2.75, 3.05) is 16.0 Å². The van der Waals surface area contributed by atoms with E-state index in [9.17, 15) is 14.4 Å². The third-order valence-electron chi connectivity index (χ3n) is 4.76. The first-order valence-corrected chi connectivity index (χ1v) is 9.68. The molecule has 4 N–H and O–H groups in total. The van der Waals surface area contributed by atoms with Gasteiger partial charge in [0.05, 0.1) is 6.04 Å². The first-order chi connectivity index (χ1) is 13.8. The smallest absolute Gasteiger partial charge is 0.319 e. The van der Waals surface area contributed by atoms with Gasteiger partial charge in [-0.2, -0.15) is 0 Å². The summed E-state index contributed by atoms with van der Waals surface area (Å²) in [7, 11) is 0. The zero-order valence-corrected chi connectivity index (χ0v) is 16.8. The van der Waals surface area contributed by atoms with E-state index in [2.05, 4.69) is 21.3 Å². The van der Waals surface area contributed by atoms with Crippen molar-refractivity contribution in [2.24, 2.45) is 5.92 Å². The van der Waals surface area contributed by atoms with Crippen LogP contribution in [-0.4, -0.2) is 17.8 Å². The fraction of sp³-hybridized carbons (Fsp3) is 0.318. The van der Waals surface area contributed by atoms with Crippen LogP contribution in [0, 0.1) is 12.8 Å². The van der Waals surface area contributed by atoms with Crippen molar-refractivity contribution in [2.45, 2.75) is 39.7 Å². The topological polar surface area (TPSA) is 99.3 Å². The molecule has 2 aromatic carbocycles. The third-order valence-corrected chi connectivity index (χ3v) is 4.76. The monoisotopic (exact) mass is 394 g/mol. The van der Waals surface area contributed by atoms with Gasteiger partial charge in [0.1, 0.15) is 0 Å². The molecule has 7 heteroatoms. The first-order valence-electron chi connectivity index (χ1n) is 9.68. The molecule has 1 aliphatic rings. The van der Waals surface area contributed by atoms with E-state index in [-0.39, 0.29) is 29.8 Å². The fourth-order valence-electron chi connectivity index (χ4n) is 2.95. The van der Waals surface area contributed by atoms with Gasteiger partial charge < -0.3 is 21.3 Å². The third kappa shape index (κ3) is 5.81. The van der Waals surface area contributed by atoms with Crippen LogP contribution in [0.15, 0.2) is 42.5 Å². The molecule has 0 spiro atoms. The van der Waals surface area contributed by atoms with Crippen molar-refractivity contribution in [3.05, 3.63) is 53.6 Å². The fourth-order valence-corrected chi connectivity index (χ4v) is 2.95. The van der Waals surface area contributed by atoms with E-state index in [1.54, 1.807) is 12.1 Å². The Morgan fingerprint density at radius 2 is 1.69 bits per heavy atom. The van der Waals surface area contributed by atoms with Gasteiger partial charge in [0.15, 0.2) is 0 Å². The lowest BCUT2D eigenvalue weighted by Crippen LogP contribution is -2.31. The lowest BCUT2D eigenvalue weighted by atomic mass is 10.1. The molecule has 0 radical (unpaired) electrons. The van der Waals surface area contributed by atoms with Crippen LogP contribution in [0.3, 0.4) is 0 Å². The molecule has 1 unspecified atom stereocenters. The van der Waals surface area contributed by atoms with E-state index in [0.717, 1.165) is 24.0 Å². The lowest BCUT2D eigenvalue weighted by molar-refractivity contribution is -0.117. The summed E-state index contributed by atoms with van der Waals surface area (Å²) >= 11 is 0. The van der Waals surface area contributed by atoms with Crippen molar-refractivity contribution in [1.82, 2.24) is 5.32 Å². The second-order valence-electron chi connectivity index (χ2n) is 7.42. The van der Waals surface area contributed by atoms with Crippen molar-refractivity contribution >= 4 is 34.9 Å². The normalized spacial score (nSPS) is 13.9. The highest BCUT2D eigenvalue weighted by atomic mass is 16.2. The van der Waals surface area contributed by atoms with Crippen LogP contribution >= 0.6 is 0 Å². The Kier molecular flexibility index (Phi) is 6.16. The van der Waals surface area contributed by atoms with Gasteiger partial charge in [0.2, 0.25) is 11.8 Å². The molecular formula is C22H26N4O3. The molecule has 0 aromatic heterocycles. The van der Waals surface area contributed by atoms with Crippen LogP contribution in [0.4, 0.5) is 21.9 Å². The number of carbonyl (C=O) groups excluding carboxylic acids is 3. The molecule has 1 fully saturated rings. The highest BCUT2D eigenvalue weighted by molar-refractivity contribution is 5.96. The maximum absolute atomic E-state index is 12.5. The minimum Gasteiger partial charge on any atom is -0.331 e. The number of urea groups is 1. The van der Waals surface area contributed by atoms with Gasteiger partial charge in [-0.1, -0.05) is 18.2 Å². The van der Waals surface area contributed by atoms with Gasteiger partial charge >= 0.3 is 6.03 Å². The van der Waals surface area contributed by atoms with Crippen molar-refractivity contribution < 1.29 is 14.4 Å². The van der Waals surface area contributed by atoms with Crippen LogP contribution in [0.25, 0.3) is 0 Å². The quantitative estimate of drug-likeness (QED) is 0.591. The molecule has 0 saturated heterocycles. The molecule has 1 aliphatic carbocycles. The summed E-state index contributed by atoms with van der Waals surface area (Å²) in [5, 5.41) is 11.4. The van der Waals surface area contributed by atoms with Crippen LogP contribution in [0.2, 0.25) is 0 Å². The Morgan fingerprint density at radius 3 is 2.38 bits per heavy atom. The number of rotatable bonds is 6. The van der Waals surface area contributed by atoms with Crippen LogP contribution in [-0.2, 0) is 9.59 Å². The maximum Gasteiger partial charge on any atom is 0.319 e. The summed E-state index contributed by atoms with van der Waals surface area (Å²) in [6.07, 6.45) is 1.87. The summed E-state index contributed by atoms with van der Waals surface area (Å²) < 4.78 is 0. The first kappa shape index (κ1) is 20.4. The summed E-state index contributed by atoms with van der Waals surface area (Å²) in [6.45, 7) is 5.21. The van der Waals surface area contributed by atoms with E-state index in [4.69, 9.17) is 0 Å². The van der Waals surface area contributed by atoms with Gasteiger partial charge in [-0.25, -0.2) is 4.79 Å². The molecule has 1 saturated carbocycles. The Bertz CT molecular complexity index is 937. The summed E-state index contributed by atoms with van der Waals surface area (Å²) in [5.74, 6) is -0.00770. The SMILES string of the molecule is CC(=O)Nc1cccc(C(C)NC(=O)Nc2cc(NC(=O)C3CC3)ccc2C)c1. The number of benzene rings is 2. The Morgan fingerprint density at radius 1 is 0.966 bits per heavy atom. The van der Waals surface area contributed by atoms with E-state index >= 15 is 0 Å². The molecule has 7 nitrogen and oxygen atoms in total. The number of amides is 4.